The Labute approximate surface area is 101 Å². The SMILES string of the molecule is COCCOC[Se]CCC#C[Si](C)(C)C. The molecule has 15 heavy (non-hydrogen) atoms. The zero-order valence-corrected chi connectivity index (χ0v) is 13.0. The van der Waals surface area contributed by atoms with E-state index in [9.17, 15) is 0 Å². The van der Waals surface area contributed by atoms with Crippen LogP contribution in [0.15, 0.2) is 0 Å². The molecule has 88 valence electrons. The summed E-state index contributed by atoms with van der Waals surface area (Å²) in [6, 6.07) is 0. The summed E-state index contributed by atoms with van der Waals surface area (Å²) in [5.74, 6) is 3.27. The second-order valence-electron chi connectivity index (χ2n) is 4.23. The summed E-state index contributed by atoms with van der Waals surface area (Å²) >= 11 is 0.585. The van der Waals surface area contributed by atoms with Crippen LogP contribution >= 0.6 is 0 Å². The van der Waals surface area contributed by atoms with Crippen molar-refractivity contribution in [3.05, 3.63) is 0 Å². The van der Waals surface area contributed by atoms with E-state index >= 15 is 0 Å². The molecule has 0 aromatic carbocycles. The molecule has 0 unspecified atom stereocenters. The molecule has 0 saturated carbocycles. The van der Waals surface area contributed by atoms with Crippen LogP contribution in [0.5, 0.6) is 0 Å². The molecule has 0 aromatic heterocycles. The molecule has 0 spiro atoms. The number of ether oxygens (including phenoxy) is 2. The van der Waals surface area contributed by atoms with E-state index in [2.05, 4.69) is 31.1 Å². The van der Waals surface area contributed by atoms with Crippen molar-refractivity contribution in [1.29, 1.82) is 0 Å². The second-order valence-corrected chi connectivity index (χ2v) is 11.2. The van der Waals surface area contributed by atoms with Crippen LogP contribution in [0.25, 0.3) is 0 Å². The Kier molecular flexibility index (Phi) is 9.58. The first-order valence-corrected chi connectivity index (χ1v) is 11.1. The molecule has 0 heterocycles. The first-order chi connectivity index (χ1) is 7.06. The molecule has 0 N–H and O–H groups in total. The number of methoxy groups -OCH3 is 1. The van der Waals surface area contributed by atoms with Gasteiger partial charge in [0.1, 0.15) is 0 Å². The van der Waals surface area contributed by atoms with Crippen molar-refractivity contribution in [2.75, 3.05) is 25.8 Å². The van der Waals surface area contributed by atoms with Gasteiger partial charge in [0.05, 0.1) is 0 Å². The number of hydrogen-bond acceptors (Lipinski definition) is 2. The molecule has 4 heteroatoms. The van der Waals surface area contributed by atoms with Crippen LogP contribution in [0, 0.1) is 11.5 Å². The van der Waals surface area contributed by atoms with Gasteiger partial charge in [-0.25, -0.2) is 0 Å². The van der Waals surface area contributed by atoms with Gasteiger partial charge in [-0.3, -0.25) is 0 Å². The van der Waals surface area contributed by atoms with Crippen molar-refractivity contribution in [2.24, 2.45) is 0 Å². The van der Waals surface area contributed by atoms with E-state index in [1.165, 1.54) is 5.32 Å². The zero-order chi connectivity index (χ0) is 11.6. The predicted octanol–water partition coefficient (Wildman–Crippen LogP) is 2.00. The van der Waals surface area contributed by atoms with Crippen molar-refractivity contribution < 1.29 is 9.47 Å². The van der Waals surface area contributed by atoms with Crippen LogP contribution in [0.4, 0.5) is 0 Å². The average Bonchev–Trinajstić information content (AvgIpc) is 2.14. The molecule has 0 amide bonds. The van der Waals surface area contributed by atoms with Gasteiger partial charge in [0.15, 0.2) is 0 Å². The van der Waals surface area contributed by atoms with E-state index in [1.807, 2.05) is 0 Å². The van der Waals surface area contributed by atoms with Gasteiger partial charge in [0, 0.05) is 0 Å². The fourth-order valence-electron chi connectivity index (χ4n) is 0.770. The van der Waals surface area contributed by atoms with Gasteiger partial charge in [0.2, 0.25) is 0 Å². The molecule has 2 nitrogen and oxygen atoms in total. The Morgan fingerprint density at radius 3 is 2.53 bits per heavy atom. The minimum atomic E-state index is -1.15. The van der Waals surface area contributed by atoms with E-state index < -0.39 is 8.07 Å². The molecule has 0 saturated heterocycles. The topological polar surface area (TPSA) is 18.5 Å². The van der Waals surface area contributed by atoms with Crippen molar-refractivity contribution >= 4 is 23.0 Å². The third-order valence-electron chi connectivity index (χ3n) is 1.43. The van der Waals surface area contributed by atoms with Crippen LogP contribution in [-0.4, -0.2) is 48.9 Å². The van der Waals surface area contributed by atoms with Crippen molar-refractivity contribution in [3.8, 4) is 11.5 Å². The van der Waals surface area contributed by atoms with Crippen molar-refractivity contribution in [1.82, 2.24) is 0 Å². The molecular formula is C11H22O2SeSi. The van der Waals surface area contributed by atoms with Crippen molar-refractivity contribution in [3.63, 3.8) is 0 Å². The molecule has 0 aliphatic heterocycles. The van der Waals surface area contributed by atoms with E-state index in [0.717, 1.165) is 18.5 Å². The van der Waals surface area contributed by atoms with E-state index in [-0.39, 0.29) is 0 Å². The zero-order valence-electron chi connectivity index (χ0n) is 10.3. The van der Waals surface area contributed by atoms with Crippen LogP contribution < -0.4 is 0 Å². The summed E-state index contributed by atoms with van der Waals surface area (Å²) in [6.07, 6.45) is 1.04. The van der Waals surface area contributed by atoms with Crippen LogP contribution in [0.3, 0.4) is 0 Å². The van der Waals surface area contributed by atoms with Gasteiger partial charge < -0.3 is 0 Å². The molecule has 0 radical (unpaired) electrons. The molecule has 0 aliphatic rings. The molecule has 0 fully saturated rings. The van der Waals surface area contributed by atoms with Gasteiger partial charge in [-0.1, -0.05) is 0 Å². The Balaban J connectivity index is 3.21. The summed E-state index contributed by atoms with van der Waals surface area (Å²) in [7, 11) is 0.550. The third-order valence-corrected chi connectivity index (χ3v) is 4.09. The summed E-state index contributed by atoms with van der Waals surface area (Å²) in [5.41, 5.74) is 4.26. The normalized spacial score (nSPS) is 10.9. The standard InChI is InChI=1S/C11H22O2SeSi/c1-12-7-8-13-11-14-9-5-6-10-15(2,3)4/h5,7-9,11H2,1-4H3. The first-order valence-electron chi connectivity index (χ1n) is 5.21. The average molecular weight is 293 g/mol. The third kappa shape index (κ3) is 14.2. The van der Waals surface area contributed by atoms with E-state index in [1.54, 1.807) is 7.11 Å². The molecule has 0 rings (SSSR count). The van der Waals surface area contributed by atoms with Crippen LogP contribution in [-0.2, 0) is 9.47 Å². The molecule has 0 aliphatic carbocycles. The summed E-state index contributed by atoms with van der Waals surface area (Å²) < 4.78 is 10.3. The Bertz CT molecular complexity index is 203. The van der Waals surface area contributed by atoms with Gasteiger partial charge in [-0.15, -0.1) is 0 Å². The fraction of sp³-hybridized carbons (Fsp3) is 0.818. The molecule has 0 aromatic rings. The van der Waals surface area contributed by atoms with E-state index in [0.29, 0.717) is 21.6 Å². The van der Waals surface area contributed by atoms with Crippen LogP contribution in [0.2, 0.25) is 25.0 Å². The summed E-state index contributed by atoms with van der Waals surface area (Å²) in [5, 5.41) is 1.21. The molecular weight excluding hydrogens is 271 g/mol. The minimum absolute atomic E-state index is 0.585. The Morgan fingerprint density at radius 1 is 1.20 bits per heavy atom. The van der Waals surface area contributed by atoms with Gasteiger partial charge >= 0.3 is 101 Å². The molecule has 0 bridgehead atoms. The van der Waals surface area contributed by atoms with Crippen molar-refractivity contribution in [2.45, 2.75) is 31.4 Å². The predicted molar refractivity (Wildman–Crippen MR) is 69.0 cm³/mol. The summed E-state index contributed by atoms with van der Waals surface area (Å²) in [6.45, 7) is 8.25. The Morgan fingerprint density at radius 2 is 1.93 bits per heavy atom. The van der Waals surface area contributed by atoms with Gasteiger partial charge in [-0.2, -0.15) is 0 Å². The Hall–Kier alpha value is 0.216. The quantitative estimate of drug-likeness (QED) is 0.406. The van der Waals surface area contributed by atoms with Gasteiger partial charge in [0.25, 0.3) is 0 Å². The van der Waals surface area contributed by atoms with Crippen LogP contribution in [0.1, 0.15) is 6.42 Å². The first kappa shape index (κ1) is 15.2. The fourth-order valence-corrected chi connectivity index (χ4v) is 2.68. The van der Waals surface area contributed by atoms with Gasteiger partial charge in [-0.05, 0) is 0 Å². The maximum atomic E-state index is 5.38. The monoisotopic (exact) mass is 294 g/mol. The van der Waals surface area contributed by atoms with E-state index in [4.69, 9.17) is 9.47 Å². The maximum absolute atomic E-state index is 5.38. The second kappa shape index (κ2) is 9.44. The summed E-state index contributed by atoms with van der Waals surface area (Å²) in [4.78, 5) is 0. The number of rotatable bonds is 7. The number of hydrogen-bond donors (Lipinski definition) is 0. The molecule has 0 atom stereocenters.